The van der Waals surface area contributed by atoms with E-state index in [1.54, 1.807) is 25.1 Å². The first-order chi connectivity index (χ1) is 9.77. The molecule has 112 valence electrons. The average Bonchev–Trinajstić information content (AvgIpc) is 2.74. The monoisotopic (exact) mass is 371 g/mol. The van der Waals surface area contributed by atoms with Crippen molar-refractivity contribution < 1.29 is 17.6 Å². The van der Waals surface area contributed by atoms with E-state index in [4.69, 9.17) is 4.42 Å². The second kappa shape index (κ2) is 6.03. The van der Waals surface area contributed by atoms with Crippen LogP contribution < -0.4 is 5.32 Å². The summed E-state index contributed by atoms with van der Waals surface area (Å²) in [4.78, 5) is 12.2. The minimum absolute atomic E-state index is 0.253. The van der Waals surface area contributed by atoms with Crippen LogP contribution in [0.25, 0.3) is 0 Å². The number of carbonyl (C=O) groups excluding carboxylic acids is 1. The first-order valence-electron chi connectivity index (χ1n) is 6.10. The van der Waals surface area contributed by atoms with E-state index in [1.165, 1.54) is 12.1 Å². The zero-order valence-corrected chi connectivity index (χ0v) is 13.9. The molecule has 0 aliphatic carbocycles. The Labute approximate surface area is 131 Å². The average molecular weight is 372 g/mol. The predicted octanol–water partition coefficient (Wildman–Crippen LogP) is 2.68. The highest BCUT2D eigenvalue weighted by Gasteiger charge is 2.14. The van der Waals surface area contributed by atoms with Gasteiger partial charge in [0.2, 0.25) is 0 Å². The topological polar surface area (TPSA) is 76.4 Å². The van der Waals surface area contributed by atoms with Crippen molar-refractivity contribution >= 4 is 31.7 Å². The Morgan fingerprint density at radius 1 is 1.29 bits per heavy atom. The molecule has 0 spiro atoms. The summed E-state index contributed by atoms with van der Waals surface area (Å²) in [5.41, 5.74) is 1.55. The smallest absolute Gasteiger partial charge is 0.287 e. The largest absolute Gasteiger partial charge is 0.444 e. The third-order valence-electron chi connectivity index (χ3n) is 2.90. The van der Waals surface area contributed by atoms with Crippen molar-refractivity contribution in [3.8, 4) is 0 Å². The summed E-state index contributed by atoms with van der Waals surface area (Å²) in [7, 11) is -3.20. The van der Waals surface area contributed by atoms with Gasteiger partial charge in [0.25, 0.3) is 5.91 Å². The normalized spacial score (nSPS) is 11.4. The fourth-order valence-electron chi connectivity index (χ4n) is 1.79. The van der Waals surface area contributed by atoms with Crippen LogP contribution in [-0.4, -0.2) is 20.6 Å². The molecule has 7 heteroatoms. The summed E-state index contributed by atoms with van der Waals surface area (Å²) in [6, 6.07) is 8.09. The van der Waals surface area contributed by atoms with Gasteiger partial charge in [-0.25, -0.2) is 8.42 Å². The Hall–Kier alpha value is -1.60. The molecule has 0 aliphatic rings. The molecule has 1 amide bonds. The lowest BCUT2D eigenvalue weighted by molar-refractivity contribution is 0.0921. The molecule has 21 heavy (non-hydrogen) atoms. The van der Waals surface area contributed by atoms with E-state index >= 15 is 0 Å². The molecule has 2 aromatic rings. The second-order valence-corrected chi connectivity index (χ2v) is 7.46. The molecule has 1 heterocycles. The summed E-state index contributed by atoms with van der Waals surface area (Å²) in [6.07, 6.45) is 1.15. The molecule has 1 aromatic carbocycles. The maximum atomic E-state index is 12.0. The summed E-state index contributed by atoms with van der Waals surface area (Å²) in [5, 5.41) is 2.72. The van der Waals surface area contributed by atoms with Crippen LogP contribution in [0.5, 0.6) is 0 Å². The summed E-state index contributed by atoms with van der Waals surface area (Å²) < 4.78 is 28.5. The van der Waals surface area contributed by atoms with Gasteiger partial charge in [-0.2, -0.15) is 0 Å². The molecule has 0 bridgehead atoms. The number of sulfone groups is 1. The molecule has 1 N–H and O–H groups in total. The van der Waals surface area contributed by atoms with Crippen molar-refractivity contribution in [3.63, 3.8) is 0 Å². The molecule has 1 aromatic heterocycles. The van der Waals surface area contributed by atoms with Crippen LogP contribution in [0, 0.1) is 6.92 Å². The minimum atomic E-state index is -3.20. The van der Waals surface area contributed by atoms with E-state index in [0.29, 0.717) is 11.2 Å². The van der Waals surface area contributed by atoms with E-state index in [1.807, 2.05) is 0 Å². The van der Waals surface area contributed by atoms with Crippen LogP contribution in [-0.2, 0) is 16.4 Å². The van der Waals surface area contributed by atoms with Crippen LogP contribution in [0.4, 0.5) is 0 Å². The van der Waals surface area contributed by atoms with E-state index in [-0.39, 0.29) is 16.6 Å². The molecular formula is C14H14BrNO4S. The zero-order chi connectivity index (χ0) is 15.6. The molecule has 0 saturated heterocycles. The SMILES string of the molecule is Cc1cc(Br)oc1C(=O)NCc1ccc(S(C)(=O)=O)cc1. The molecule has 5 nitrogen and oxygen atoms in total. The molecular weight excluding hydrogens is 358 g/mol. The quantitative estimate of drug-likeness (QED) is 0.895. The van der Waals surface area contributed by atoms with Crippen LogP contribution in [0.15, 0.2) is 44.3 Å². The lowest BCUT2D eigenvalue weighted by Crippen LogP contribution is -2.22. The Morgan fingerprint density at radius 3 is 2.38 bits per heavy atom. The van der Waals surface area contributed by atoms with Gasteiger partial charge in [-0.05, 0) is 46.6 Å². The van der Waals surface area contributed by atoms with Crippen molar-refractivity contribution in [2.75, 3.05) is 6.26 Å². The number of hydrogen-bond acceptors (Lipinski definition) is 4. The number of aryl methyl sites for hydroxylation is 1. The van der Waals surface area contributed by atoms with E-state index in [9.17, 15) is 13.2 Å². The van der Waals surface area contributed by atoms with E-state index in [0.717, 1.165) is 17.4 Å². The fourth-order valence-corrected chi connectivity index (χ4v) is 2.92. The first-order valence-corrected chi connectivity index (χ1v) is 8.79. The molecule has 2 rings (SSSR count). The molecule has 0 radical (unpaired) electrons. The van der Waals surface area contributed by atoms with Gasteiger partial charge in [-0.1, -0.05) is 12.1 Å². The van der Waals surface area contributed by atoms with Gasteiger partial charge in [0.15, 0.2) is 20.3 Å². The number of carbonyl (C=O) groups is 1. The van der Waals surface area contributed by atoms with Crippen molar-refractivity contribution in [3.05, 3.63) is 51.9 Å². The zero-order valence-electron chi connectivity index (χ0n) is 11.5. The molecule has 0 atom stereocenters. The predicted molar refractivity (Wildman–Crippen MR) is 81.9 cm³/mol. The summed E-state index contributed by atoms with van der Waals surface area (Å²) >= 11 is 3.17. The molecule has 0 saturated carbocycles. The highest BCUT2D eigenvalue weighted by atomic mass is 79.9. The van der Waals surface area contributed by atoms with Crippen molar-refractivity contribution in [2.45, 2.75) is 18.4 Å². The molecule has 0 unspecified atom stereocenters. The van der Waals surface area contributed by atoms with E-state index in [2.05, 4.69) is 21.2 Å². The van der Waals surface area contributed by atoms with Gasteiger partial charge in [-0.3, -0.25) is 4.79 Å². The number of furan rings is 1. The van der Waals surface area contributed by atoms with Crippen LogP contribution in [0.3, 0.4) is 0 Å². The van der Waals surface area contributed by atoms with Gasteiger partial charge in [0, 0.05) is 18.4 Å². The van der Waals surface area contributed by atoms with Gasteiger partial charge in [0.05, 0.1) is 4.90 Å². The number of halogens is 1. The Kier molecular flexibility index (Phi) is 4.53. The Balaban J connectivity index is 2.03. The Bertz CT molecular complexity index is 763. The highest BCUT2D eigenvalue weighted by Crippen LogP contribution is 2.19. The number of nitrogens with one attached hydrogen (secondary N) is 1. The second-order valence-electron chi connectivity index (χ2n) is 4.66. The first kappa shape index (κ1) is 15.8. The maximum Gasteiger partial charge on any atom is 0.287 e. The number of rotatable bonds is 4. The third-order valence-corrected chi connectivity index (χ3v) is 4.42. The number of benzene rings is 1. The standard InChI is InChI=1S/C14H14BrNO4S/c1-9-7-12(15)20-13(9)14(17)16-8-10-3-5-11(6-4-10)21(2,18)19/h3-7H,8H2,1-2H3,(H,16,17). The van der Waals surface area contributed by atoms with Crippen molar-refractivity contribution in [1.82, 2.24) is 5.32 Å². The van der Waals surface area contributed by atoms with Gasteiger partial charge < -0.3 is 9.73 Å². The summed E-state index contributed by atoms with van der Waals surface area (Å²) in [5.74, 6) is -0.0555. The van der Waals surface area contributed by atoms with E-state index < -0.39 is 9.84 Å². The highest BCUT2D eigenvalue weighted by molar-refractivity contribution is 9.10. The van der Waals surface area contributed by atoms with Gasteiger partial charge in [-0.15, -0.1) is 0 Å². The van der Waals surface area contributed by atoms with Crippen LogP contribution >= 0.6 is 15.9 Å². The fraction of sp³-hybridized carbons (Fsp3) is 0.214. The Morgan fingerprint density at radius 2 is 1.90 bits per heavy atom. The van der Waals surface area contributed by atoms with Gasteiger partial charge >= 0.3 is 0 Å². The maximum absolute atomic E-state index is 12.0. The lowest BCUT2D eigenvalue weighted by atomic mass is 10.2. The van der Waals surface area contributed by atoms with Crippen molar-refractivity contribution in [2.24, 2.45) is 0 Å². The number of amides is 1. The minimum Gasteiger partial charge on any atom is -0.444 e. The third kappa shape index (κ3) is 3.95. The lowest BCUT2D eigenvalue weighted by Gasteiger charge is -2.05. The molecule has 0 aliphatic heterocycles. The number of hydrogen-bond donors (Lipinski definition) is 1. The molecule has 0 fully saturated rings. The van der Waals surface area contributed by atoms with Crippen LogP contribution in [0.1, 0.15) is 21.7 Å². The summed E-state index contributed by atoms with van der Waals surface area (Å²) in [6.45, 7) is 2.07. The van der Waals surface area contributed by atoms with Crippen LogP contribution in [0.2, 0.25) is 0 Å². The van der Waals surface area contributed by atoms with Crippen molar-refractivity contribution in [1.29, 1.82) is 0 Å². The van der Waals surface area contributed by atoms with Gasteiger partial charge in [0.1, 0.15) is 0 Å².